The van der Waals surface area contributed by atoms with Gasteiger partial charge in [0.15, 0.2) is 0 Å². The first kappa shape index (κ1) is 21.0. The van der Waals surface area contributed by atoms with Crippen molar-refractivity contribution in [1.82, 2.24) is 19.2 Å². The molecule has 2 saturated heterocycles. The number of thioether (sulfide) groups is 1. The standard InChI is InChI=1S/C21H25N5O2S2/c1-3-4-8-26-20(28)16(30-21(26)29)14-15-18(24-12-10-23(2)11-13-24)22-17-7-5-6-9-25(17)19(15)27/h5-7,9,14H,3-4,8,10-13H2,1-2H3/b16-14+. The van der Waals surface area contributed by atoms with E-state index in [0.29, 0.717) is 32.8 Å². The molecule has 7 nitrogen and oxygen atoms in total. The molecule has 30 heavy (non-hydrogen) atoms. The van der Waals surface area contributed by atoms with E-state index in [9.17, 15) is 9.59 Å². The minimum absolute atomic E-state index is 0.125. The third kappa shape index (κ3) is 4.01. The van der Waals surface area contributed by atoms with Crippen molar-refractivity contribution in [2.45, 2.75) is 19.8 Å². The van der Waals surface area contributed by atoms with Crippen LogP contribution in [0.2, 0.25) is 0 Å². The lowest BCUT2D eigenvalue weighted by molar-refractivity contribution is -0.122. The summed E-state index contributed by atoms with van der Waals surface area (Å²) in [4.78, 5) is 37.6. The average molecular weight is 444 g/mol. The van der Waals surface area contributed by atoms with Crippen molar-refractivity contribution in [1.29, 1.82) is 0 Å². The van der Waals surface area contributed by atoms with E-state index in [-0.39, 0.29) is 11.5 Å². The SMILES string of the molecule is CCCCN1C(=O)/C(=C\c2c(N3CCN(C)CC3)nc3ccccn3c2=O)SC1=S. The van der Waals surface area contributed by atoms with Crippen molar-refractivity contribution in [3.8, 4) is 0 Å². The molecule has 2 aromatic rings. The van der Waals surface area contributed by atoms with Crippen molar-refractivity contribution < 1.29 is 4.79 Å². The Balaban J connectivity index is 1.79. The number of thiocarbonyl (C=S) groups is 1. The van der Waals surface area contributed by atoms with Gasteiger partial charge in [-0.15, -0.1) is 0 Å². The molecule has 2 aliphatic rings. The van der Waals surface area contributed by atoms with Gasteiger partial charge in [-0.3, -0.25) is 18.9 Å². The zero-order chi connectivity index (χ0) is 21.3. The van der Waals surface area contributed by atoms with E-state index in [2.05, 4.69) is 23.8 Å². The Bertz CT molecular complexity index is 1070. The molecular formula is C21H25N5O2S2. The highest BCUT2D eigenvalue weighted by molar-refractivity contribution is 8.26. The maximum absolute atomic E-state index is 13.4. The predicted molar refractivity (Wildman–Crippen MR) is 126 cm³/mol. The van der Waals surface area contributed by atoms with Gasteiger partial charge in [-0.05, 0) is 31.7 Å². The molecular weight excluding hydrogens is 418 g/mol. The summed E-state index contributed by atoms with van der Waals surface area (Å²) in [6.45, 7) is 6.05. The molecule has 0 spiro atoms. The third-order valence-electron chi connectivity index (χ3n) is 5.44. The largest absolute Gasteiger partial charge is 0.353 e. The second-order valence-electron chi connectivity index (χ2n) is 7.56. The maximum Gasteiger partial charge on any atom is 0.267 e. The number of unbranched alkanes of at least 4 members (excludes halogenated alkanes) is 1. The molecule has 0 bridgehead atoms. The van der Waals surface area contributed by atoms with Gasteiger partial charge in [0.2, 0.25) is 0 Å². The number of fused-ring (bicyclic) bond motifs is 1. The summed E-state index contributed by atoms with van der Waals surface area (Å²) in [6.07, 6.45) is 5.28. The molecule has 2 aliphatic heterocycles. The fourth-order valence-corrected chi connectivity index (χ4v) is 4.91. The molecule has 0 atom stereocenters. The number of carbonyl (C=O) groups excluding carboxylic acids is 1. The van der Waals surface area contributed by atoms with Gasteiger partial charge in [0.05, 0.1) is 10.5 Å². The summed E-state index contributed by atoms with van der Waals surface area (Å²) in [7, 11) is 2.09. The molecule has 0 aliphatic carbocycles. The highest BCUT2D eigenvalue weighted by Gasteiger charge is 2.32. The highest BCUT2D eigenvalue weighted by Crippen LogP contribution is 2.33. The van der Waals surface area contributed by atoms with Gasteiger partial charge >= 0.3 is 0 Å². The van der Waals surface area contributed by atoms with Crippen molar-refractivity contribution in [2.75, 3.05) is 44.7 Å². The fraction of sp³-hybridized carbons (Fsp3) is 0.429. The Kier molecular flexibility index (Phi) is 6.21. The molecule has 1 amide bonds. The van der Waals surface area contributed by atoms with Crippen molar-refractivity contribution in [3.05, 3.63) is 45.2 Å². The van der Waals surface area contributed by atoms with Crippen LogP contribution in [0.4, 0.5) is 5.82 Å². The molecule has 0 saturated carbocycles. The van der Waals surface area contributed by atoms with Gasteiger partial charge in [0.25, 0.3) is 11.5 Å². The molecule has 9 heteroatoms. The number of pyridine rings is 1. The highest BCUT2D eigenvalue weighted by atomic mass is 32.2. The van der Waals surface area contributed by atoms with Crippen LogP contribution in [0.5, 0.6) is 0 Å². The van der Waals surface area contributed by atoms with Crippen molar-refractivity contribution in [3.63, 3.8) is 0 Å². The first-order valence-corrected chi connectivity index (χ1v) is 11.4. The summed E-state index contributed by atoms with van der Waals surface area (Å²) in [5.74, 6) is 0.512. The van der Waals surface area contributed by atoms with Gasteiger partial charge in [-0.2, -0.15) is 0 Å². The van der Waals surface area contributed by atoms with Crippen LogP contribution in [-0.4, -0.2) is 69.2 Å². The first-order valence-electron chi connectivity index (χ1n) is 10.2. The summed E-state index contributed by atoms with van der Waals surface area (Å²) in [6, 6.07) is 5.50. The minimum atomic E-state index is -0.173. The normalized spacial score (nSPS) is 19.5. The zero-order valence-electron chi connectivity index (χ0n) is 17.2. The quantitative estimate of drug-likeness (QED) is 0.520. The molecule has 0 unspecified atom stereocenters. The molecule has 4 rings (SSSR count). The lowest BCUT2D eigenvalue weighted by Crippen LogP contribution is -2.45. The van der Waals surface area contributed by atoms with Crippen LogP contribution in [0.3, 0.4) is 0 Å². The number of aromatic nitrogens is 2. The van der Waals surface area contributed by atoms with E-state index in [0.717, 1.165) is 39.0 Å². The van der Waals surface area contributed by atoms with Crippen LogP contribution < -0.4 is 10.5 Å². The molecule has 158 valence electrons. The summed E-state index contributed by atoms with van der Waals surface area (Å²) in [5, 5.41) is 0. The molecule has 2 aromatic heterocycles. The number of rotatable bonds is 5. The van der Waals surface area contributed by atoms with Gasteiger partial charge in [-0.1, -0.05) is 43.4 Å². The molecule has 4 heterocycles. The number of piperazine rings is 1. The number of anilines is 1. The van der Waals surface area contributed by atoms with Crippen molar-refractivity contribution >= 4 is 51.7 Å². The van der Waals surface area contributed by atoms with E-state index in [1.807, 2.05) is 12.1 Å². The monoisotopic (exact) mass is 443 g/mol. The molecule has 0 aromatic carbocycles. The number of hydrogen-bond donors (Lipinski definition) is 0. The molecule has 2 fully saturated rings. The fourth-order valence-electron chi connectivity index (χ4n) is 3.62. The van der Waals surface area contributed by atoms with E-state index < -0.39 is 0 Å². The number of carbonyl (C=O) groups is 1. The van der Waals surface area contributed by atoms with Crippen LogP contribution in [0.25, 0.3) is 11.7 Å². The van der Waals surface area contributed by atoms with E-state index in [1.165, 1.54) is 16.2 Å². The Labute approximate surface area is 185 Å². The van der Waals surface area contributed by atoms with Crippen LogP contribution in [0.15, 0.2) is 34.1 Å². The number of nitrogens with zero attached hydrogens (tertiary/aromatic N) is 5. The molecule has 0 N–H and O–H groups in total. The van der Waals surface area contributed by atoms with Gasteiger partial charge in [-0.25, -0.2) is 4.98 Å². The Morgan fingerprint density at radius 3 is 2.70 bits per heavy atom. The average Bonchev–Trinajstić information content (AvgIpc) is 3.01. The smallest absolute Gasteiger partial charge is 0.267 e. The van der Waals surface area contributed by atoms with E-state index >= 15 is 0 Å². The maximum atomic E-state index is 13.4. The Morgan fingerprint density at radius 1 is 1.20 bits per heavy atom. The van der Waals surface area contributed by atoms with Gasteiger partial charge < -0.3 is 9.80 Å². The lowest BCUT2D eigenvalue weighted by Gasteiger charge is -2.34. The van der Waals surface area contributed by atoms with Gasteiger partial charge in [0.1, 0.15) is 15.8 Å². The minimum Gasteiger partial charge on any atom is -0.353 e. The van der Waals surface area contributed by atoms with Crippen LogP contribution in [-0.2, 0) is 4.79 Å². The predicted octanol–water partition coefficient (Wildman–Crippen LogP) is 2.45. The van der Waals surface area contributed by atoms with E-state index in [4.69, 9.17) is 17.2 Å². The Morgan fingerprint density at radius 2 is 1.97 bits per heavy atom. The van der Waals surface area contributed by atoms with Crippen LogP contribution in [0.1, 0.15) is 25.3 Å². The summed E-state index contributed by atoms with van der Waals surface area (Å²) >= 11 is 6.68. The van der Waals surface area contributed by atoms with Crippen molar-refractivity contribution in [2.24, 2.45) is 0 Å². The first-order chi connectivity index (χ1) is 14.5. The summed E-state index contributed by atoms with van der Waals surface area (Å²) in [5.41, 5.74) is 0.872. The van der Waals surface area contributed by atoms with E-state index in [1.54, 1.807) is 23.2 Å². The topological polar surface area (TPSA) is 61.2 Å². The second kappa shape index (κ2) is 8.87. The molecule has 0 radical (unpaired) electrons. The third-order valence-corrected chi connectivity index (χ3v) is 6.81. The lowest BCUT2D eigenvalue weighted by atomic mass is 10.2. The number of amides is 1. The number of likely N-dealkylation sites (N-methyl/N-ethyl adjacent to an activating group) is 1. The Hall–Kier alpha value is -2.23. The number of hydrogen-bond acceptors (Lipinski definition) is 7. The van der Waals surface area contributed by atoms with Gasteiger partial charge in [0, 0.05) is 38.9 Å². The zero-order valence-corrected chi connectivity index (χ0v) is 18.8. The summed E-state index contributed by atoms with van der Waals surface area (Å²) < 4.78 is 2.08. The van der Waals surface area contributed by atoms with Crippen LogP contribution in [0, 0.1) is 0 Å². The van der Waals surface area contributed by atoms with Crippen LogP contribution >= 0.6 is 24.0 Å². The second-order valence-corrected chi connectivity index (χ2v) is 9.24.